The van der Waals surface area contributed by atoms with Gasteiger partial charge in [-0.25, -0.2) is 9.78 Å². The second-order valence-electron chi connectivity index (χ2n) is 4.75. The summed E-state index contributed by atoms with van der Waals surface area (Å²) >= 11 is 5.80. The van der Waals surface area contributed by atoms with Crippen LogP contribution in [0.4, 0.5) is 5.82 Å². The van der Waals surface area contributed by atoms with Gasteiger partial charge in [0.1, 0.15) is 11.0 Å². The standard InChI is InChI=1S/C13H17ClN2O2/c14-11-6-10(13(17)18)7-12(16-11)15-8-9-4-2-1-3-5-9/h6-7,9H,1-5,8H2,(H,15,16)(H,17,18). The van der Waals surface area contributed by atoms with Gasteiger partial charge in [0.2, 0.25) is 0 Å². The van der Waals surface area contributed by atoms with Gasteiger partial charge in [0.15, 0.2) is 0 Å². The van der Waals surface area contributed by atoms with Gasteiger partial charge in [0, 0.05) is 6.54 Å². The molecule has 2 N–H and O–H groups in total. The molecule has 1 aliphatic rings. The van der Waals surface area contributed by atoms with Crippen LogP contribution in [-0.2, 0) is 0 Å². The Hall–Kier alpha value is -1.29. The Morgan fingerprint density at radius 1 is 1.39 bits per heavy atom. The molecule has 18 heavy (non-hydrogen) atoms. The van der Waals surface area contributed by atoms with Crippen LogP contribution in [0.25, 0.3) is 0 Å². The van der Waals surface area contributed by atoms with E-state index >= 15 is 0 Å². The van der Waals surface area contributed by atoms with Crippen LogP contribution in [0.2, 0.25) is 5.15 Å². The summed E-state index contributed by atoms with van der Waals surface area (Å²) in [5, 5.41) is 12.3. The van der Waals surface area contributed by atoms with Crippen molar-refractivity contribution in [3.8, 4) is 0 Å². The molecule has 1 fully saturated rings. The molecule has 0 unspecified atom stereocenters. The number of nitrogens with zero attached hydrogens (tertiary/aromatic N) is 1. The average molecular weight is 269 g/mol. The van der Waals surface area contributed by atoms with Gasteiger partial charge in [-0.05, 0) is 30.9 Å². The van der Waals surface area contributed by atoms with E-state index in [0.717, 1.165) is 6.54 Å². The Kier molecular flexibility index (Phi) is 4.42. The molecule has 0 bridgehead atoms. The van der Waals surface area contributed by atoms with Gasteiger partial charge in [-0.1, -0.05) is 30.9 Å². The van der Waals surface area contributed by atoms with E-state index in [1.807, 2.05) is 0 Å². The lowest BCUT2D eigenvalue weighted by atomic mass is 9.89. The van der Waals surface area contributed by atoms with Crippen molar-refractivity contribution in [1.82, 2.24) is 4.98 Å². The Labute approximate surface area is 111 Å². The fraction of sp³-hybridized carbons (Fsp3) is 0.538. The van der Waals surface area contributed by atoms with E-state index in [1.54, 1.807) is 0 Å². The Morgan fingerprint density at radius 2 is 2.11 bits per heavy atom. The van der Waals surface area contributed by atoms with E-state index in [4.69, 9.17) is 16.7 Å². The number of aromatic carboxylic acids is 1. The molecule has 0 aromatic carbocycles. The van der Waals surface area contributed by atoms with E-state index in [-0.39, 0.29) is 10.7 Å². The van der Waals surface area contributed by atoms with Gasteiger partial charge in [0.25, 0.3) is 0 Å². The first-order valence-corrected chi connectivity index (χ1v) is 6.67. The number of aromatic nitrogens is 1. The summed E-state index contributed by atoms with van der Waals surface area (Å²) in [5.74, 6) is 0.221. The molecule has 0 atom stereocenters. The van der Waals surface area contributed by atoms with Crippen LogP contribution in [0.15, 0.2) is 12.1 Å². The van der Waals surface area contributed by atoms with Crippen LogP contribution < -0.4 is 5.32 Å². The van der Waals surface area contributed by atoms with Crippen molar-refractivity contribution < 1.29 is 9.90 Å². The maximum atomic E-state index is 10.9. The van der Waals surface area contributed by atoms with E-state index in [9.17, 15) is 4.79 Å². The fourth-order valence-corrected chi connectivity index (χ4v) is 2.56. The number of carboxylic acids is 1. The van der Waals surface area contributed by atoms with Crippen molar-refractivity contribution in [3.05, 3.63) is 22.8 Å². The Morgan fingerprint density at radius 3 is 2.78 bits per heavy atom. The summed E-state index contributed by atoms with van der Waals surface area (Å²) in [4.78, 5) is 15.0. The van der Waals surface area contributed by atoms with Crippen molar-refractivity contribution in [1.29, 1.82) is 0 Å². The van der Waals surface area contributed by atoms with Crippen LogP contribution in [0.3, 0.4) is 0 Å². The number of carboxylic acid groups (broad SMARTS) is 1. The molecule has 1 heterocycles. The number of hydrogen-bond donors (Lipinski definition) is 2. The molecule has 2 rings (SSSR count). The first-order valence-electron chi connectivity index (χ1n) is 6.30. The fourth-order valence-electron chi connectivity index (χ4n) is 2.35. The third kappa shape index (κ3) is 3.60. The highest BCUT2D eigenvalue weighted by molar-refractivity contribution is 6.29. The van der Waals surface area contributed by atoms with E-state index in [0.29, 0.717) is 11.7 Å². The third-order valence-electron chi connectivity index (χ3n) is 3.34. The van der Waals surface area contributed by atoms with Gasteiger partial charge >= 0.3 is 5.97 Å². The van der Waals surface area contributed by atoms with E-state index in [2.05, 4.69) is 10.3 Å². The SMILES string of the molecule is O=C(O)c1cc(Cl)nc(NCC2CCCCC2)c1. The number of rotatable bonds is 4. The van der Waals surface area contributed by atoms with Gasteiger partial charge in [0.05, 0.1) is 5.56 Å². The molecule has 5 heteroatoms. The van der Waals surface area contributed by atoms with Gasteiger partial charge in [-0.2, -0.15) is 0 Å². The monoisotopic (exact) mass is 268 g/mol. The Bertz CT molecular complexity index is 431. The number of anilines is 1. The van der Waals surface area contributed by atoms with Crippen LogP contribution in [-0.4, -0.2) is 22.6 Å². The number of carbonyl (C=O) groups is 1. The number of hydrogen-bond acceptors (Lipinski definition) is 3. The molecule has 4 nitrogen and oxygen atoms in total. The molecular weight excluding hydrogens is 252 g/mol. The topological polar surface area (TPSA) is 62.2 Å². The lowest BCUT2D eigenvalue weighted by Crippen LogP contribution is -2.17. The molecule has 0 radical (unpaired) electrons. The lowest BCUT2D eigenvalue weighted by Gasteiger charge is -2.22. The maximum absolute atomic E-state index is 10.9. The smallest absolute Gasteiger partial charge is 0.335 e. The van der Waals surface area contributed by atoms with Crippen molar-refractivity contribution in [2.24, 2.45) is 5.92 Å². The molecule has 98 valence electrons. The number of halogens is 1. The minimum Gasteiger partial charge on any atom is -0.478 e. The average Bonchev–Trinajstić information content (AvgIpc) is 2.37. The molecule has 0 aliphatic heterocycles. The number of pyridine rings is 1. The first kappa shape index (κ1) is 13.1. The lowest BCUT2D eigenvalue weighted by molar-refractivity contribution is 0.0697. The zero-order chi connectivity index (χ0) is 13.0. The quantitative estimate of drug-likeness (QED) is 0.822. The third-order valence-corrected chi connectivity index (χ3v) is 3.53. The predicted molar refractivity (Wildman–Crippen MR) is 71.3 cm³/mol. The molecule has 1 aromatic rings. The van der Waals surface area contributed by atoms with Gasteiger partial charge in [-0.15, -0.1) is 0 Å². The van der Waals surface area contributed by atoms with Crippen molar-refractivity contribution >= 4 is 23.4 Å². The summed E-state index contributed by atoms with van der Waals surface area (Å²) in [6.45, 7) is 0.840. The molecule has 0 saturated heterocycles. The summed E-state index contributed by atoms with van der Waals surface area (Å²) < 4.78 is 0. The molecular formula is C13H17ClN2O2. The second-order valence-corrected chi connectivity index (χ2v) is 5.14. The second kappa shape index (κ2) is 6.05. The summed E-state index contributed by atoms with van der Waals surface area (Å²) in [7, 11) is 0. The highest BCUT2D eigenvalue weighted by Crippen LogP contribution is 2.24. The zero-order valence-electron chi connectivity index (χ0n) is 10.2. The maximum Gasteiger partial charge on any atom is 0.335 e. The van der Waals surface area contributed by atoms with Crippen LogP contribution in [0.5, 0.6) is 0 Å². The summed E-state index contributed by atoms with van der Waals surface area (Å²) in [6.07, 6.45) is 6.37. The largest absolute Gasteiger partial charge is 0.478 e. The normalized spacial score (nSPS) is 16.5. The van der Waals surface area contributed by atoms with E-state index in [1.165, 1.54) is 44.2 Å². The zero-order valence-corrected chi connectivity index (χ0v) is 10.9. The molecule has 1 aliphatic carbocycles. The van der Waals surface area contributed by atoms with Crippen LogP contribution in [0, 0.1) is 5.92 Å². The van der Waals surface area contributed by atoms with Gasteiger partial charge in [-0.3, -0.25) is 0 Å². The Balaban J connectivity index is 1.97. The summed E-state index contributed by atoms with van der Waals surface area (Å²) in [6, 6.07) is 2.88. The van der Waals surface area contributed by atoms with Crippen LogP contribution >= 0.6 is 11.6 Å². The molecule has 0 amide bonds. The van der Waals surface area contributed by atoms with Gasteiger partial charge < -0.3 is 10.4 Å². The van der Waals surface area contributed by atoms with Crippen molar-refractivity contribution in [3.63, 3.8) is 0 Å². The summed E-state index contributed by atoms with van der Waals surface area (Å²) in [5.41, 5.74) is 0.168. The first-order chi connectivity index (χ1) is 8.65. The molecule has 1 saturated carbocycles. The van der Waals surface area contributed by atoms with E-state index < -0.39 is 5.97 Å². The molecule has 1 aromatic heterocycles. The number of nitrogens with one attached hydrogen (secondary N) is 1. The van der Waals surface area contributed by atoms with Crippen molar-refractivity contribution in [2.45, 2.75) is 32.1 Å². The van der Waals surface area contributed by atoms with Crippen LogP contribution in [0.1, 0.15) is 42.5 Å². The minimum absolute atomic E-state index is 0.168. The predicted octanol–water partition coefficient (Wildman–Crippen LogP) is 3.43. The molecule has 0 spiro atoms. The minimum atomic E-state index is -0.986. The van der Waals surface area contributed by atoms with Crippen molar-refractivity contribution in [2.75, 3.05) is 11.9 Å². The highest BCUT2D eigenvalue weighted by atomic mass is 35.5. The highest BCUT2D eigenvalue weighted by Gasteiger charge is 2.14.